The molecule has 0 aromatic carbocycles. The first-order valence-corrected chi connectivity index (χ1v) is 5.31. The van der Waals surface area contributed by atoms with Crippen LogP contribution < -0.4 is 0 Å². The second-order valence-corrected chi connectivity index (χ2v) is 3.91. The Hall–Kier alpha value is -1.13. The molecule has 2 atom stereocenters. The van der Waals surface area contributed by atoms with Crippen molar-refractivity contribution in [1.82, 2.24) is 0 Å². The zero-order chi connectivity index (χ0) is 12.2. The van der Waals surface area contributed by atoms with Gasteiger partial charge < -0.3 is 14.2 Å². The first kappa shape index (κ1) is 12.9. The second-order valence-electron chi connectivity index (χ2n) is 3.91. The van der Waals surface area contributed by atoms with Crippen molar-refractivity contribution in [1.29, 1.82) is 0 Å². The van der Waals surface area contributed by atoms with Crippen LogP contribution in [-0.2, 0) is 19.0 Å². The average Bonchev–Trinajstić information content (AvgIpc) is 2.51. The zero-order valence-electron chi connectivity index (χ0n) is 9.93. The van der Waals surface area contributed by atoms with Crippen molar-refractivity contribution in [3.8, 4) is 0 Å². The number of hydrogen-bond acceptors (Lipinski definition) is 4. The molecule has 0 saturated carbocycles. The van der Waals surface area contributed by atoms with E-state index in [1.807, 2.05) is 13.8 Å². The van der Waals surface area contributed by atoms with Crippen molar-refractivity contribution in [2.75, 3.05) is 6.61 Å². The van der Waals surface area contributed by atoms with Crippen molar-refractivity contribution in [2.45, 2.75) is 38.8 Å². The highest BCUT2D eigenvalue weighted by molar-refractivity contribution is 5.81. The van der Waals surface area contributed by atoms with E-state index in [1.165, 1.54) is 6.08 Å². The summed E-state index contributed by atoms with van der Waals surface area (Å²) in [7, 11) is 0. The van der Waals surface area contributed by atoms with E-state index in [9.17, 15) is 4.79 Å². The summed E-state index contributed by atoms with van der Waals surface area (Å²) >= 11 is 0. The average molecular weight is 226 g/mol. The van der Waals surface area contributed by atoms with Crippen LogP contribution >= 0.6 is 0 Å². The Morgan fingerprint density at radius 1 is 1.44 bits per heavy atom. The van der Waals surface area contributed by atoms with Gasteiger partial charge in [0.1, 0.15) is 12.2 Å². The first-order valence-electron chi connectivity index (χ1n) is 5.31. The Bertz CT molecular complexity index is 293. The van der Waals surface area contributed by atoms with Gasteiger partial charge in [-0.1, -0.05) is 6.08 Å². The molecule has 0 aromatic heterocycles. The smallest absolute Gasteiger partial charge is 0.330 e. The Balaban J connectivity index is 2.59. The summed E-state index contributed by atoms with van der Waals surface area (Å²) < 4.78 is 15.9. The van der Waals surface area contributed by atoms with Crippen LogP contribution in [0.4, 0.5) is 0 Å². The van der Waals surface area contributed by atoms with Gasteiger partial charge >= 0.3 is 5.97 Å². The summed E-state index contributed by atoms with van der Waals surface area (Å²) in [4.78, 5) is 11.1. The summed E-state index contributed by atoms with van der Waals surface area (Å²) in [6.45, 7) is 9.43. The Morgan fingerprint density at radius 2 is 2.06 bits per heavy atom. The minimum atomic E-state index is -0.650. The van der Waals surface area contributed by atoms with E-state index in [-0.39, 0.29) is 18.2 Å². The molecule has 90 valence electrons. The molecule has 1 aliphatic heterocycles. The summed E-state index contributed by atoms with van der Waals surface area (Å²) in [6.07, 6.45) is 4.13. The lowest BCUT2D eigenvalue weighted by Gasteiger charge is -2.15. The van der Waals surface area contributed by atoms with Gasteiger partial charge in [0.05, 0.1) is 6.61 Å². The van der Waals surface area contributed by atoms with E-state index in [2.05, 4.69) is 6.58 Å². The predicted molar refractivity (Wildman–Crippen MR) is 59.8 cm³/mol. The second kappa shape index (κ2) is 5.27. The maximum atomic E-state index is 11.1. The Kier molecular flexibility index (Phi) is 4.26. The SMILES string of the molecule is C=C[C@@H]1OC(C)(C)O[C@@H]1/C=C/C(=O)OCC. The van der Waals surface area contributed by atoms with Crippen LogP contribution in [0.5, 0.6) is 0 Å². The van der Waals surface area contributed by atoms with Gasteiger partial charge in [0.2, 0.25) is 0 Å². The molecular formula is C12H18O4. The molecule has 1 rings (SSSR count). The molecule has 0 unspecified atom stereocenters. The molecule has 1 fully saturated rings. The number of carbonyl (C=O) groups excluding carboxylic acids is 1. The zero-order valence-corrected chi connectivity index (χ0v) is 9.93. The standard InChI is InChI=1S/C12H18O4/c1-5-9-10(16-12(3,4)15-9)7-8-11(13)14-6-2/h5,7-10H,1,6H2,2-4H3/b8-7+/t9-,10+/m0/s1. The number of ether oxygens (including phenoxy) is 3. The van der Waals surface area contributed by atoms with Crippen LogP contribution in [0.1, 0.15) is 20.8 Å². The van der Waals surface area contributed by atoms with Crippen molar-refractivity contribution in [3.63, 3.8) is 0 Å². The monoisotopic (exact) mass is 226 g/mol. The third kappa shape index (κ3) is 3.47. The molecule has 0 aliphatic carbocycles. The molecule has 0 N–H and O–H groups in total. The maximum Gasteiger partial charge on any atom is 0.330 e. The number of carbonyl (C=O) groups is 1. The quantitative estimate of drug-likeness (QED) is 0.416. The molecular weight excluding hydrogens is 208 g/mol. The van der Waals surface area contributed by atoms with Crippen molar-refractivity contribution < 1.29 is 19.0 Å². The highest BCUT2D eigenvalue weighted by Crippen LogP contribution is 2.29. The molecule has 0 bridgehead atoms. The number of hydrogen-bond donors (Lipinski definition) is 0. The molecule has 1 heterocycles. The first-order chi connectivity index (χ1) is 7.48. The summed E-state index contributed by atoms with van der Waals surface area (Å²) in [6, 6.07) is 0. The van der Waals surface area contributed by atoms with Gasteiger partial charge in [-0.3, -0.25) is 0 Å². The molecule has 4 nitrogen and oxygen atoms in total. The summed E-state index contributed by atoms with van der Waals surface area (Å²) in [5, 5.41) is 0. The summed E-state index contributed by atoms with van der Waals surface area (Å²) in [5.41, 5.74) is 0. The van der Waals surface area contributed by atoms with E-state index in [4.69, 9.17) is 14.2 Å². The fourth-order valence-corrected chi connectivity index (χ4v) is 1.51. The summed E-state index contributed by atoms with van der Waals surface area (Å²) in [5.74, 6) is -1.03. The fourth-order valence-electron chi connectivity index (χ4n) is 1.51. The van der Waals surface area contributed by atoms with Gasteiger partial charge in [-0.2, -0.15) is 0 Å². The third-order valence-corrected chi connectivity index (χ3v) is 2.10. The Morgan fingerprint density at radius 3 is 2.62 bits per heavy atom. The van der Waals surface area contributed by atoms with Crippen molar-refractivity contribution in [3.05, 3.63) is 24.8 Å². The van der Waals surface area contributed by atoms with Gasteiger partial charge in [-0.15, -0.1) is 6.58 Å². The topological polar surface area (TPSA) is 44.8 Å². The molecule has 0 aromatic rings. The molecule has 0 spiro atoms. The molecule has 4 heteroatoms. The third-order valence-electron chi connectivity index (χ3n) is 2.10. The van der Waals surface area contributed by atoms with Crippen molar-refractivity contribution in [2.24, 2.45) is 0 Å². The van der Waals surface area contributed by atoms with Crippen LogP contribution in [0, 0.1) is 0 Å². The van der Waals surface area contributed by atoms with Crippen LogP contribution in [0.3, 0.4) is 0 Å². The lowest BCUT2D eigenvalue weighted by molar-refractivity contribution is -0.140. The van der Waals surface area contributed by atoms with E-state index < -0.39 is 5.79 Å². The normalized spacial score (nSPS) is 28.2. The van der Waals surface area contributed by atoms with Crippen LogP contribution in [-0.4, -0.2) is 30.6 Å². The van der Waals surface area contributed by atoms with E-state index >= 15 is 0 Å². The van der Waals surface area contributed by atoms with Gasteiger partial charge in [-0.05, 0) is 26.8 Å². The molecule has 1 saturated heterocycles. The molecule has 1 aliphatic rings. The van der Waals surface area contributed by atoms with Gasteiger partial charge in [0.15, 0.2) is 5.79 Å². The minimum absolute atomic E-state index is 0.235. The van der Waals surface area contributed by atoms with Gasteiger partial charge in [-0.25, -0.2) is 4.79 Å². The van der Waals surface area contributed by atoms with Gasteiger partial charge in [0, 0.05) is 6.08 Å². The largest absolute Gasteiger partial charge is 0.463 e. The van der Waals surface area contributed by atoms with Crippen LogP contribution in [0.15, 0.2) is 24.8 Å². The molecule has 0 amide bonds. The van der Waals surface area contributed by atoms with E-state index in [1.54, 1.807) is 19.1 Å². The lowest BCUT2D eigenvalue weighted by atomic mass is 10.2. The number of rotatable bonds is 4. The number of esters is 1. The predicted octanol–water partition coefficient (Wildman–Crippen LogP) is 1.81. The lowest BCUT2D eigenvalue weighted by Crippen LogP contribution is -2.20. The Labute approximate surface area is 95.9 Å². The van der Waals surface area contributed by atoms with Gasteiger partial charge in [0.25, 0.3) is 0 Å². The van der Waals surface area contributed by atoms with E-state index in [0.29, 0.717) is 6.61 Å². The molecule has 0 radical (unpaired) electrons. The fraction of sp³-hybridized carbons (Fsp3) is 0.583. The van der Waals surface area contributed by atoms with Crippen LogP contribution in [0.2, 0.25) is 0 Å². The minimum Gasteiger partial charge on any atom is -0.463 e. The molecule has 16 heavy (non-hydrogen) atoms. The highest BCUT2D eigenvalue weighted by atomic mass is 16.7. The highest BCUT2D eigenvalue weighted by Gasteiger charge is 2.38. The van der Waals surface area contributed by atoms with Crippen LogP contribution in [0.25, 0.3) is 0 Å². The van der Waals surface area contributed by atoms with E-state index in [0.717, 1.165) is 0 Å². The van der Waals surface area contributed by atoms with Crippen molar-refractivity contribution >= 4 is 5.97 Å². The maximum absolute atomic E-state index is 11.1.